The molecule has 0 unspecified atom stereocenters. The molecule has 0 amide bonds. The third-order valence-electron chi connectivity index (χ3n) is 4.62. The van der Waals surface area contributed by atoms with Crippen molar-refractivity contribution in [3.05, 3.63) is 60.3 Å². The lowest BCUT2D eigenvalue weighted by molar-refractivity contribution is 0.578. The Balaban J connectivity index is 1.46. The maximum Gasteiger partial charge on any atom is 0.249 e. The maximum absolute atomic E-state index is 13.8. The van der Waals surface area contributed by atoms with Crippen molar-refractivity contribution >= 4 is 28.8 Å². The van der Waals surface area contributed by atoms with Crippen LogP contribution in [0.15, 0.2) is 48.7 Å². The van der Waals surface area contributed by atoms with Crippen LogP contribution in [-0.4, -0.2) is 28.3 Å². The predicted octanol–water partition coefficient (Wildman–Crippen LogP) is 4.63. The number of nitrogens with one attached hydrogen (secondary N) is 2. The minimum atomic E-state index is -0.707. The van der Waals surface area contributed by atoms with Crippen LogP contribution in [0.5, 0.6) is 0 Å². The standard InChI is InChI=1S/C20H20F2N6/c21-16-5-4-6-17(22)19(16)25-18-13-23-27-20(26-18)24-14-7-9-15(10-8-14)28-11-2-1-3-12-28/h4-10,13H,1-3,11-12H2,(H2,24,25,26,27). The van der Waals surface area contributed by atoms with Gasteiger partial charge in [-0.25, -0.2) is 8.78 Å². The van der Waals surface area contributed by atoms with Crippen molar-refractivity contribution in [2.24, 2.45) is 0 Å². The number of nitrogens with zero attached hydrogens (tertiary/aromatic N) is 4. The van der Waals surface area contributed by atoms with Crippen LogP contribution < -0.4 is 15.5 Å². The first-order valence-electron chi connectivity index (χ1n) is 9.22. The van der Waals surface area contributed by atoms with E-state index in [0.29, 0.717) is 0 Å². The maximum atomic E-state index is 13.8. The Labute approximate surface area is 161 Å². The van der Waals surface area contributed by atoms with Crippen LogP contribution in [0.3, 0.4) is 0 Å². The number of hydrogen-bond donors (Lipinski definition) is 2. The normalized spacial score (nSPS) is 14.0. The molecule has 28 heavy (non-hydrogen) atoms. The lowest BCUT2D eigenvalue weighted by Crippen LogP contribution is -2.29. The molecular formula is C20H20F2N6. The van der Waals surface area contributed by atoms with Gasteiger partial charge in [-0.2, -0.15) is 10.1 Å². The van der Waals surface area contributed by atoms with Crippen LogP contribution in [0, 0.1) is 11.6 Å². The molecule has 2 aromatic carbocycles. The summed E-state index contributed by atoms with van der Waals surface area (Å²) in [6.07, 6.45) is 5.04. The number of benzene rings is 2. The van der Waals surface area contributed by atoms with E-state index < -0.39 is 11.6 Å². The molecule has 0 atom stereocenters. The highest BCUT2D eigenvalue weighted by Gasteiger charge is 2.12. The molecule has 0 spiro atoms. The van der Waals surface area contributed by atoms with Crippen LogP contribution >= 0.6 is 0 Å². The molecule has 1 aliphatic rings. The van der Waals surface area contributed by atoms with Gasteiger partial charge in [-0.05, 0) is 55.7 Å². The number of rotatable bonds is 5. The highest BCUT2D eigenvalue weighted by molar-refractivity contribution is 5.61. The average Bonchev–Trinajstić information content (AvgIpc) is 2.72. The molecule has 2 heterocycles. The van der Waals surface area contributed by atoms with Crippen LogP contribution in [0.25, 0.3) is 0 Å². The summed E-state index contributed by atoms with van der Waals surface area (Å²) >= 11 is 0. The summed E-state index contributed by atoms with van der Waals surface area (Å²) in [7, 11) is 0. The van der Waals surface area contributed by atoms with Gasteiger partial charge in [0.1, 0.15) is 17.3 Å². The van der Waals surface area contributed by atoms with Gasteiger partial charge < -0.3 is 15.5 Å². The van der Waals surface area contributed by atoms with E-state index in [9.17, 15) is 8.78 Å². The second-order valence-corrected chi connectivity index (χ2v) is 6.61. The number of piperidine rings is 1. The van der Waals surface area contributed by atoms with E-state index in [0.717, 1.165) is 18.8 Å². The molecule has 1 saturated heterocycles. The fourth-order valence-electron chi connectivity index (χ4n) is 3.20. The minimum Gasteiger partial charge on any atom is -0.372 e. The third-order valence-corrected chi connectivity index (χ3v) is 4.62. The fraction of sp³-hybridized carbons (Fsp3) is 0.250. The molecule has 1 aromatic heterocycles. The van der Waals surface area contributed by atoms with Gasteiger partial charge in [-0.15, -0.1) is 5.10 Å². The Morgan fingerprint density at radius 3 is 2.29 bits per heavy atom. The number of aromatic nitrogens is 3. The van der Waals surface area contributed by atoms with Crippen molar-refractivity contribution in [2.45, 2.75) is 19.3 Å². The summed E-state index contributed by atoms with van der Waals surface area (Å²) < 4.78 is 27.6. The van der Waals surface area contributed by atoms with Crippen molar-refractivity contribution < 1.29 is 8.78 Å². The number of para-hydroxylation sites is 1. The SMILES string of the molecule is Fc1cccc(F)c1Nc1cnnc(Nc2ccc(N3CCCCC3)cc2)n1. The first kappa shape index (κ1) is 18.1. The Morgan fingerprint density at radius 2 is 1.57 bits per heavy atom. The van der Waals surface area contributed by atoms with E-state index in [4.69, 9.17) is 0 Å². The van der Waals surface area contributed by atoms with Gasteiger partial charge in [0, 0.05) is 24.5 Å². The zero-order chi connectivity index (χ0) is 19.3. The molecule has 3 aromatic rings. The number of anilines is 5. The zero-order valence-electron chi connectivity index (χ0n) is 15.2. The van der Waals surface area contributed by atoms with Gasteiger partial charge >= 0.3 is 0 Å². The van der Waals surface area contributed by atoms with E-state index >= 15 is 0 Å². The summed E-state index contributed by atoms with van der Waals surface area (Å²) in [5.74, 6) is -0.998. The van der Waals surface area contributed by atoms with Gasteiger partial charge in [0.05, 0.1) is 6.20 Å². The van der Waals surface area contributed by atoms with Gasteiger partial charge in [0.15, 0.2) is 5.82 Å². The average molecular weight is 382 g/mol. The Bertz CT molecular complexity index is 921. The summed E-state index contributed by atoms with van der Waals surface area (Å²) in [6.45, 7) is 2.17. The number of hydrogen-bond acceptors (Lipinski definition) is 6. The molecule has 4 rings (SSSR count). The Morgan fingerprint density at radius 1 is 0.857 bits per heavy atom. The second-order valence-electron chi connectivity index (χ2n) is 6.61. The first-order chi connectivity index (χ1) is 13.7. The Hall–Kier alpha value is -3.29. The molecule has 0 radical (unpaired) electrons. The van der Waals surface area contributed by atoms with E-state index in [1.165, 1.54) is 49.3 Å². The van der Waals surface area contributed by atoms with E-state index in [1.54, 1.807) is 0 Å². The van der Waals surface area contributed by atoms with Crippen LogP contribution in [0.1, 0.15) is 19.3 Å². The largest absolute Gasteiger partial charge is 0.372 e. The smallest absolute Gasteiger partial charge is 0.249 e. The van der Waals surface area contributed by atoms with E-state index in [2.05, 4.69) is 42.8 Å². The summed E-state index contributed by atoms with van der Waals surface area (Å²) in [5, 5.41) is 13.4. The summed E-state index contributed by atoms with van der Waals surface area (Å²) in [4.78, 5) is 6.59. The van der Waals surface area contributed by atoms with E-state index in [1.807, 2.05) is 12.1 Å². The molecule has 1 aliphatic heterocycles. The number of halogens is 2. The third kappa shape index (κ3) is 4.16. The molecule has 1 fully saturated rings. The van der Waals surface area contributed by atoms with Gasteiger partial charge in [-0.3, -0.25) is 0 Å². The topological polar surface area (TPSA) is 66.0 Å². The van der Waals surface area contributed by atoms with Crippen molar-refractivity contribution in [3.8, 4) is 0 Å². The molecule has 6 nitrogen and oxygen atoms in total. The molecule has 0 bridgehead atoms. The highest BCUT2D eigenvalue weighted by atomic mass is 19.1. The van der Waals surface area contributed by atoms with Gasteiger partial charge in [-0.1, -0.05) is 6.07 Å². The Kier molecular flexibility index (Phi) is 5.27. The highest BCUT2D eigenvalue weighted by Crippen LogP contribution is 2.24. The minimum absolute atomic E-state index is 0.187. The molecule has 144 valence electrons. The lowest BCUT2D eigenvalue weighted by atomic mass is 10.1. The van der Waals surface area contributed by atoms with E-state index in [-0.39, 0.29) is 17.5 Å². The van der Waals surface area contributed by atoms with Crippen LogP contribution in [0.2, 0.25) is 0 Å². The lowest BCUT2D eigenvalue weighted by Gasteiger charge is -2.28. The van der Waals surface area contributed by atoms with Crippen molar-refractivity contribution in [3.63, 3.8) is 0 Å². The molecular weight excluding hydrogens is 362 g/mol. The van der Waals surface area contributed by atoms with Crippen LogP contribution in [-0.2, 0) is 0 Å². The van der Waals surface area contributed by atoms with Crippen molar-refractivity contribution in [1.29, 1.82) is 0 Å². The first-order valence-corrected chi connectivity index (χ1v) is 9.22. The second kappa shape index (κ2) is 8.16. The fourth-order valence-corrected chi connectivity index (χ4v) is 3.20. The van der Waals surface area contributed by atoms with Gasteiger partial charge in [0.2, 0.25) is 5.95 Å². The molecule has 8 heteroatoms. The summed E-state index contributed by atoms with van der Waals surface area (Å²) in [6, 6.07) is 11.6. The monoisotopic (exact) mass is 382 g/mol. The molecule has 0 saturated carbocycles. The van der Waals surface area contributed by atoms with Crippen molar-refractivity contribution in [1.82, 2.24) is 15.2 Å². The molecule has 2 N–H and O–H groups in total. The molecule has 0 aliphatic carbocycles. The van der Waals surface area contributed by atoms with Crippen molar-refractivity contribution in [2.75, 3.05) is 28.6 Å². The van der Waals surface area contributed by atoms with Crippen LogP contribution in [0.4, 0.5) is 37.6 Å². The quantitative estimate of drug-likeness (QED) is 0.671. The predicted molar refractivity (Wildman–Crippen MR) is 105 cm³/mol. The zero-order valence-corrected chi connectivity index (χ0v) is 15.2. The van der Waals surface area contributed by atoms with Gasteiger partial charge in [0.25, 0.3) is 0 Å². The summed E-state index contributed by atoms with van der Waals surface area (Å²) in [5.41, 5.74) is 1.71.